The Bertz CT molecular complexity index is 1330. The predicted octanol–water partition coefficient (Wildman–Crippen LogP) is 4.79. The minimum Gasteiger partial charge on any atom is -0.465 e. The molecule has 3 heterocycles. The number of imidazole rings is 1. The average molecular weight is 511 g/mol. The number of H-pyrrole nitrogens is 1. The first kappa shape index (κ1) is 25.2. The quantitative estimate of drug-likeness (QED) is 0.313. The van der Waals surface area contributed by atoms with Crippen molar-refractivity contribution in [1.29, 1.82) is 0 Å². The lowest BCUT2D eigenvalue weighted by molar-refractivity contribution is 0.0944. The summed E-state index contributed by atoms with van der Waals surface area (Å²) in [4.78, 5) is 42.2. The molecule has 4 aromatic rings. The number of carbonyl (C=O) groups is 2. The van der Waals surface area contributed by atoms with Gasteiger partial charge in [0.1, 0.15) is 17.3 Å². The molecule has 188 valence electrons. The molecule has 36 heavy (non-hydrogen) atoms. The summed E-state index contributed by atoms with van der Waals surface area (Å²) < 4.78 is 13.0. The zero-order valence-corrected chi connectivity index (χ0v) is 21.0. The number of hydrogen-bond acceptors (Lipinski definition) is 6. The van der Waals surface area contributed by atoms with Gasteiger partial charge in [0.05, 0.1) is 41.0 Å². The molecule has 0 aliphatic rings. The van der Waals surface area contributed by atoms with Crippen LogP contribution < -0.4 is 5.32 Å². The van der Waals surface area contributed by atoms with Gasteiger partial charge in [-0.25, -0.2) is 19.2 Å². The maximum atomic E-state index is 13.0. The molecule has 1 unspecified atom stereocenters. The van der Waals surface area contributed by atoms with Crippen molar-refractivity contribution in [2.75, 3.05) is 6.54 Å². The molecule has 0 saturated carbocycles. The number of nitrogens with zero attached hydrogens (tertiary/aromatic N) is 4. The fourth-order valence-corrected chi connectivity index (χ4v) is 4.87. The monoisotopic (exact) mass is 510 g/mol. The van der Waals surface area contributed by atoms with Crippen LogP contribution in [0.3, 0.4) is 0 Å². The third kappa shape index (κ3) is 6.03. The highest BCUT2D eigenvalue weighted by atomic mass is 32.1. The SMILES string of the molecule is CC(C)(C)C(CN(Cc1nc2ccccc2[nH]1)C(=O)O)c1nc(C(=O)NCc2ccc(F)cn2)cs1. The number of fused-ring (bicyclic) bond motifs is 1. The van der Waals surface area contributed by atoms with E-state index in [1.807, 2.05) is 45.0 Å². The summed E-state index contributed by atoms with van der Waals surface area (Å²) in [7, 11) is 0. The van der Waals surface area contributed by atoms with Gasteiger partial charge in [-0.2, -0.15) is 0 Å². The number of para-hydroxylation sites is 2. The number of benzene rings is 1. The van der Waals surface area contributed by atoms with E-state index in [-0.39, 0.29) is 42.6 Å². The molecule has 3 N–H and O–H groups in total. The number of pyridine rings is 1. The largest absolute Gasteiger partial charge is 0.465 e. The van der Waals surface area contributed by atoms with Crippen molar-refractivity contribution in [2.45, 2.75) is 39.8 Å². The van der Waals surface area contributed by atoms with E-state index in [0.29, 0.717) is 16.5 Å². The number of carbonyl (C=O) groups excluding carboxylic acids is 1. The van der Waals surface area contributed by atoms with Gasteiger partial charge in [-0.3, -0.25) is 9.78 Å². The zero-order valence-electron chi connectivity index (χ0n) is 20.2. The van der Waals surface area contributed by atoms with Crippen molar-refractivity contribution in [3.8, 4) is 0 Å². The Labute approximate surface area is 211 Å². The Morgan fingerprint density at radius 1 is 1.19 bits per heavy atom. The fraction of sp³-hybridized carbons (Fsp3) is 0.320. The van der Waals surface area contributed by atoms with E-state index in [1.54, 1.807) is 5.38 Å². The lowest BCUT2D eigenvalue weighted by Gasteiger charge is -2.32. The van der Waals surface area contributed by atoms with E-state index in [1.165, 1.54) is 28.4 Å². The van der Waals surface area contributed by atoms with Gasteiger partial charge in [0.2, 0.25) is 0 Å². The Kier molecular flexibility index (Phi) is 7.30. The minimum absolute atomic E-state index is 0.0972. The second-order valence-electron chi connectivity index (χ2n) is 9.50. The normalized spacial score (nSPS) is 12.4. The summed E-state index contributed by atoms with van der Waals surface area (Å²) in [6, 6.07) is 10.3. The van der Waals surface area contributed by atoms with E-state index in [4.69, 9.17) is 0 Å². The van der Waals surface area contributed by atoms with Crippen LogP contribution >= 0.6 is 11.3 Å². The Morgan fingerprint density at radius 3 is 2.64 bits per heavy atom. The molecule has 1 aromatic carbocycles. The van der Waals surface area contributed by atoms with Crippen LogP contribution in [0.5, 0.6) is 0 Å². The highest BCUT2D eigenvalue weighted by Gasteiger charge is 2.33. The van der Waals surface area contributed by atoms with Crippen LogP contribution in [0.15, 0.2) is 48.0 Å². The summed E-state index contributed by atoms with van der Waals surface area (Å²) in [6.07, 6.45) is 0.0293. The first-order valence-corrected chi connectivity index (χ1v) is 12.2. The molecule has 0 aliphatic heterocycles. The molecule has 2 amide bonds. The number of carboxylic acid groups (broad SMARTS) is 1. The fourth-order valence-electron chi connectivity index (χ4n) is 3.74. The smallest absolute Gasteiger partial charge is 0.407 e. The highest BCUT2D eigenvalue weighted by molar-refractivity contribution is 7.10. The zero-order chi connectivity index (χ0) is 25.9. The predicted molar refractivity (Wildman–Crippen MR) is 134 cm³/mol. The van der Waals surface area contributed by atoms with Gasteiger partial charge in [-0.05, 0) is 29.7 Å². The van der Waals surface area contributed by atoms with Crippen molar-refractivity contribution in [3.63, 3.8) is 0 Å². The van der Waals surface area contributed by atoms with E-state index >= 15 is 0 Å². The summed E-state index contributed by atoms with van der Waals surface area (Å²) in [5, 5.41) is 15.0. The Hall–Kier alpha value is -3.86. The molecule has 0 bridgehead atoms. The summed E-state index contributed by atoms with van der Waals surface area (Å²) in [5.41, 5.74) is 2.06. The van der Waals surface area contributed by atoms with Crippen LogP contribution in [0.4, 0.5) is 9.18 Å². The summed E-state index contributed by atoms with van der Waals surface area (Å²) in [6.45, 7) is 6.46. The van der Waals surface area contributed by atoms with Crippen molar-refractivity contribution in [2.24, 2.45) is 5.41 Å². The standard InChI is InChI=1S/C25H27FN6O3S/c1-25(2,3)17(12-32(24(34)35)13-21-29-18-6-4-5-7-19(18)30-21)23-31-20(14-36-23)22(33)28-11-16-9-8-15(26)10-27-16/h4-10,14,17H,11-13H2,1-3H3,(H,28,33)(H,29,30)(H,34,35). The molecular weight excluding hydrogens is 483 g/mol. The first-order valence-electron chi connectivity index (χ1n) is 11.4. The van der Waals surface area contributed by atoms with Crippen LogP contribution in [0.1, 0.15) is 53.7 Å². The van der Waals surface area contributed by atoms with Crippen LogP contribution in [-0.4, -0.2) is 48.5 Å². The topological polar surface area (TPSA) is 124 Å². The Balaban J connectivity index is 1.48. The molecule has 0 aliphatic carbocycles. The summed E-state index contributed by atoms with van der Waals surface area (Å²) in [5.74, 6) is -0.532. The van der Waals surface area contributed by atoms with E-state index < -0.39 is 11.9 Å². The molecule has 0 saturated heterocycles. The van der Waals surface area contributed by atoms with Crippen LogP contribution in [-0.2, 0) is 13.1 Å². The molecule has 4 rings (SSSR count). The van der Waals surface area contributed by atoms with Gasteiger partial charge in [0.25, 0.3) is 5.91 Å². The Morgan fingerprint density at radius 2 is 1.97 bits per heavy atom. The van der Waals surface area contributed by atoms with Gasteiger partial charge in [-0.15, -0.1) is 11.3 Å². The molecule has 9 nitrogen and oxygen atoms in total. The third-order valence-corrected chi connectivity index (χ3v) is 6.73. The lowest BCUT2D eigenvalue weighted by atomic mass is 9.80. The first-order chi connectivity index (χ1) is 17.1. The van der Waals surface area contributed by atoms with Crippen LogP contribution in [0.25, 0.3) is 11.0 Å². The molecule has 3 aromatic heterocycles. The van der Waals surface area contributed by atoms with Gasteiger partial charge >= 0.3 is 6.09 Å². The third-order valence-electron chi connectivity index (χ3n) is 5.77. The second kappa shape index (κ2) is 10.4. The molecule has 0 radical (unpaired) electrons. The van der Waals surface area contributed by atoms with Gasteiger partial charge in [0, 0.05) is 17.8 Å². The number of thiazole rings is 1. The van der Waals surface area contributed by atoms with Crippen LogP contribution in [0, 0.1) is 11.2 Å². The number of halogens is 1. The van der Waals surface area contributed by atoms with Crippen molar-refractivity contribution < 1.29 is 19.1 Å². The number of aromatic nitrogens is 4. The lowest BCUT2D eigenvalue weighted by Crippen LogP contribution is -2.37. The van der Waals surface area contributed by atoms with Gasteiger partial charge in [-0.1, -0.05) is 32.9 Å². The second-order valence-corrected chi connectivity index (χ2v) is 10.4. The van der Waals surface area contributed by atoms with Crippen LogP contribution in [0.2, 0.25) is 0 Å². The van der Waals surface area contributed by atoms with Crippen molar-refractivity contribution in [3.05, 3.63) is 76.0 Å². The van der Waals surface area contributed by atoms with E-state index in [2.05, 4.69) is 25.3 Å². The number of nitrogens with one attached hydrogen (secondary N) is 2. The minimum atomic E-state index is -1.06. The number of amides is 2. The van der Waals surface area contributed by atoms with Gasteiger partial charge in [0.15, 0.2) is 0 Å². The van der Waals surface area contributed by atoms with Crippen molar-refractivity contribution >= 4 is 34.4 Å². The molecule has 0 spiro atoms. The molecule has 11 heteroatoms. The molecule has 1 atom stereocenters. The number of aromatic amines is 1. The average Bonchev–Trinajstić information content (AvgIpc) is 3.47. The molecule has 0 fully saturated rings. The number of rotatable bonds is 8. The molecular formula is C25H27FN6O3S. The number of hydrogen-bond donors (Lipinski definition) is 3. The summed E-state index contributed by atoms with van der Waals surface area (Å²) >= 11 is 1.32. The van der Waals surface area contributed by atoms with Crippen molar-refractivity contribution in [1.82, 2.24) is 30.2 Å². The van der Waals surface area contributed by atoms with Gasteiger partial charge < -0.3 is 20.3 Å². The maximum Gasteiger partial charge on any atom is 0.407 e. The van der Waals surface area contributed by atoms with E-state index in [0.717, 1.165) is 17.2 Å². The maximum absolute atomic E-state index is 13.0. The van der Waals surface area contributed by atoms with E-state index in [9.17, 15) is 19.1 Å². The highest BCUT2D eigenvalue weighted by Crippen LogP contribution is 2.37.